The van der Waals surface area contributed by atoms with Gasteiger partial charge >= 0.3 is 0 Å². The second-order valence-electron chi connectivity index (χ2n) is 17.8. The maximum atomic E-state index is 2.50. The lowest BCUT2D eigenvalue weighted by Gasteiger charge is -2.35. The van der Waals surface area contributed by atoms with Gasteiger partial charge in [-0.3, -0.25) is 0 Å². The first kappa shape index (κ1) is 37.2. The summed E-state index contributed by atoms with van der Waals surface area (Å²) in [5.74, 6) is 0. The van der Waals surface area contributed by atoms with Crippen LogP contribution in [0.2, 0.25) is 0 Å². The number of para-hydroxylation sites is 1. The van der Waals surface area contributed by atoms with Crippen molar-refractivity contribution in [1.82, 2.24) is 0 Å². The van der Waals surface area contributed by atoms with Crippen LogP contribution in [0, 0.1) is 0 Å². The Morgan fingerprint density at radius 2 is 0.672 bits per heavy atom. The monoisotopic (exact) mass is 749 g/mol. The van der Waals surface area contributed by atoms with Gasteiger partial charge in [0.15, 0.2) is 0 Å². The first-order chi connectivity index (χ1) is 28.0. The van der Waals surface area contributed by atoms with E-state index in [2.05, 4.69) is 247 Å². The van der Waals surface area contributed by atoms with Gasteiger partial charge in [-0.05, 0) is 114 Å². The molecule has 1 nitrogen and oxygen atoms in total. The molecule has 0 radical (unpaired) electrons. The Morgan fingerprint density at radius 3 is 1.10 bits per heavy atom. The van der Waals surface area contributed by atoms with E-state index < -0.39 is 5.41 Å². The third-order valence-electron chi connectivity index (χ3n) is 12.1. The molecular formula is C57H51N. The van der Waals surface area contributed by atoms with Gasteiger partial charge in [0.1, 0.15) is 0 Å². The zero-order chi connectivity index (χ0) is 40.1. The van der Waals surface area contributed by atoms with E-state index in [4.69, 9.17) is 0 Å². The van der Waals surface area contributed by atoms with Crippen LogP contribution in [-0.2, 0) is 16.2 Å². The third-order valence-corrected chi connectivity index (χ3v) is 12.1. The highest BCUT2D eigenvalue weighted by Crippen LogP contribution is 2.57. The van der Waals surface area contributed by atoms with Crippen molar-refractivity contribution in [3.8, 4) is 33.4 Å². The van der Waals surface area contributed by atoms with Crippen LogP contribution in [0.4, 0.5) is 17.1 Å². The van der Waals surface area contributed by atoms with E-state index in [1.54, 1.807) is 0 Å². The van der Waals surface area contributed by atoms with E-state index in [-0.39, 0.29) is 10.8 Å². The molecule has 0 atom stereocenters. The van der Waals surface area contributed by atoms with E-state index in [0.717, 1.165) is 17.1 Å². The summed E-state index contributed by atoms with van der Waals surface area (Å²) in [6.45, 7) is 13.9. The molecule has 0 heterocycles. The van der Waals surface area contributed by atoms with Crippen molar-refractivity contribution in [2.75, 3.05) is 4.90 Å². The number of nitrogens with zero attached hydrogens (tertiary/aromatic N) is 1. The Bertz CT molecular complexity index is 2610. The highest BCUT2D eigenvalue weighted by molar-refractivity contribution is 5.87. The van der Waals surface area contributed by atoms with E-state index in [9.17, 15) is 0 Å². The zero-order valence-corrected chi connectivity index (χ0v) is 34.5. The van der Waals surface area contributed by atoms with Crippen LogP contribution >= 0.6 is 0 Å². The maximum absolute atomic E-state index is 2.50. The molecule has 0 bridgehead atoms. The number of hydrogen-bond donors (Lipinski definition) is 0. The Balaban J connectivity index is 1.13. The average Bonchev–Trinajstić information content (AvgIpc) is 3.55. The summed E-state index contributed by atoms with van der Waals surface area (Å²) in [6, 6.07) is 74.1. The smallest absolute Gasteiger partial charge is 0.0713 e. The van der Waals surface area contributed by atoms with Gasteiger partial charge in [-0.1, -0.05) is 205 Å². The molecule has 0 saturated carbocycles. The molecule has 0 aliphatic heterocycles. The fourth-order valence-corrected chi connectivity index (χ4v) is 8.91. The minimum Gasteiger partial charge on any atom is -0.311 e. The zero-order valence-electron chi connectivity index (χ0n) is 34.5. The number of benzene rings is 8. The molecule has 0 spiro atoms. The second-order valence-corrected chi connectivity index (χ2v) is 17.8. The first-order valence-electron chi connectivity index (χ1n) is 20.6. The molecule has 1 aliphatic carbocycles. The Kier molecular flexibility index (Phi) is 9.29. The van der Waals surface area contributed by atoms with Crippen LogP contribution in [0.25, 0.3) is 33.4 Å². The van der Waals surface area contributed by atoms with Crippen LogP contribution in [0.15, 0.2) is 200 Å². The minimum absolute atomic E-state index is 0.0144. The second kappa shape index (κ2) is 14.5. The average molecular weight is 750 g/mol. The molecule has 0 fully saturated rings. The Hall–Kier alpha value is -6.44. The number of hydrogen-bond acceptors (Lipinski definition) is 1. The van der Waals surface area contributed by atoms with Crippen LogP contribution in [-0.4, -0.2) is 0 Å². The van der Waals surface area contributed by atoms with E-state index in [1.165, 1.54) is 66.8 Å². The van der Waals surface area contributed by atoms with E-state index in [0.29, 0.717) is 0 Å². The molecule has 1 aliphatic rings. The Labute approximate surface area is 345 Å². The Morgan fingerprint density at radius 1 is 0.328 bits per heavy atom. The standard InChI is InChI=1S/C57H51N/c1-55(2,3)46-30-36-51-52-37-31-47(56(4,5)6)39-54(52)57(53(51)38-46,44-18-12-8-13-19-44)45-28-22-41(23-29-45)43-26-34-50(35-27-43)58(48-20-14-9-15-21-48)49-32-24-42(25-33-49)40-16-10-7-11-17-40/h7-39H,1-6H3. The van der Waals surface area contributed by atoms with Gasteiger partial charge in [-0.25, -0.2) is 0 Å². The number of rotatable bonds is 7. The molecule has 1 heteroatoms. The molecule has 0 amide bonds. The van der Waals surface area contributed by atoms with Gasteiger partial charge < -0.3 is 4.90 Å². The van der Waals surface area contributed by atoms with E-state index >= 15 is 0 Å². The summed E-state index contributed by atoms with van der Waals surface area (Å²) in [6.07, 6.45) is 0. The number of anilines is 3. The summed E-state index contributed by atoms with van der Waals surface area (Å²) in [5, 5.41) is 0. The molecule has 8 aromatic rings. The largest absolute Gasteiger partial charge is 0.311 e. The van der Waals surface area contributed by atoms with Gasteiger partial charge in [0.25, 0.3) is 0 Å². The molecule has 0 saturated heterocycles. The lowest BCUT2D eigenvalue weighted by atomic mass is 9.66. The van der Waals surface area contributed by atoms with Gasteiger partial charge in [0, 0.05) is 17.1 Å². The summed E-state index contributed by atoms with van der Waals surface area (Å²) >= 11 is 0. The lowest BCUT2D eigenvalue weighted by Crippen LogP contribution is -2.29. The van der Waals surface area contributed by atoms with E-state index in [1.807, 2.05) is 0 Å². The highest BCUT2D eigenvalue weighted by Gasteiger charge is 2.47. The molecular weight excluding hydrogens is 699 g/mol. The fourth-order valence-electron chi connectivity index (χ4n) is 8.91. The van der Waals surface area contributed by atoms with Gasteiger partial charge in [-0.15, -0.1) is 0 Å². The molecule has 0 aromatic heterocycles. The lowest BCUT2D eigenvalue weighted by molar-refractivity contribution is 0.586. The van der Waals surface area contributed by atoms with Crippen molar-refractivity contribution in [3.05, 3.63) is 234 Å². The quantitative estimate of drug-likeness (QED) is 0.157. The van der Waals surface area contributed by atoms with Gasteiger partial charge in [0.2, 0.25) is 0 Å². The third kappa shape index (κ3) is 6.55. The van der Waals surface area contributed by atoms with Gasteiger partial charge in [0.05, 0.1) is 5.41 Å². The minimum atomic E-state index is -0.469. The summed E-state index contributed by atoms with van der Waals surface area (Å²) in [5.41, 5.74) is 18.4. The molecule has 8 aromatic carbocycles. The predicted octanol–water partition coefficient (Wildman–Crippen LogP) is 15.4. The van der Waals surface area contributed by atoms with Crippen molar-refractivity contribution in [3.63, 3.8) is 0 Å². The summed E-state index contributed by atoms with van der Waals surface area (Å²) in [4.78, 5) is 2.33. The van der Waals surface area contributed by atoms with Crippen LogP contribution in [0.5, 0.6) is 0 Å². The highest BCUT2D eigenvalue weighted by atomic mass is 15.1. The molecule has 58 heavy (non-hydrogen) atoms. The SMILES string of the molecule is CC(C)(C)c1ccc2c(c1)C(c1ccccc1)(c1ccc(-c3ccc(N(c4ccccc4)c4ccc(-c5ccccc5)cc4)cc3)cc1)c1cc(C(C)(C)C)ccc1-2. The van der Waals surface area contributed by atoms with Crippen molar-refractivity contribution in [2.24, 2.45) is 0 Å². The van der Waals surface area contributed by atoms with Gasteiger partial charge in [-0.2, -0.15) is 0 Å². The number of fused-ring (bicyclic) bond motifs is 3. The van der Waals surface area contributed by atoms with Crippen LogP contribution < -0.4 is 4.90 Å². The molecule has 0 unspecified atom stereocenters. The normalized spacial score (nSPS) is 13.1. The fraction of sp³-hybridized carbons (Fsp3) is 0.158. The van der Waals surface area contributed by atoms with Crippen molar-refractivity contribution < 1.29 is 0 Å². The molecule has 0 N–H and O–H groups in total. The first-order valence-corrected chi connectivity index (χ1v) is 20.6. The molecule has 9 rings (SSSR count). The van der Waals surface area contributed by atoms with Crippen molar-refractivity contribution in [2.45, 2.75) is 57.8 Å². The maximum Gasteiger partial charge on any atom is 0.0713 e. The van der Waals surface area contributed by atoms with Crippen LogP contribution in [0.3, 0.4) is 0 Å². The predicted molar refractivity (Wildman–Crippen MR) is 247 cm³/mol. The van der Waals surface area contributed by atoms with Crippen molar-refractivity contribution in [1.29, 1.82) is 0 Å². The topological polar surface area (TPSA) is 3.24 Å². The molecule has 284 valence electrons. The summed E-state index contributed by atoms with van der Waals surface area (Å²) in [7, 11) is 0. The van der Waals surface area contributed by atoms with Crippen LogP contribution in [0.1, 0.15) is 74.9 Å². The summed E-state index contributed by atoms with van der Waals surface area (Å²) < 4.78 is 0. The van der Waals surface area contributed by atoms with Crippen molar-refractivity contribution >= 4 is 17.1 Å².